The number of unbranched alkanes of at least 4 members (excludes halogenated alkanes) is 24. The van der Waals surface area contributed by atoms with Crippen molar-refractivity contribution in [3.05, 3.63) is 0 Å². The predicted octanol–water partition coefficient (Wildman–Crippen LogP) is 13.1. The van der Waals surface area contributed by atoms with Crippen LogP contribution in [0.3, 0.4) is 0 Å². The molecule has 43 heavy (non-hydrogen) atoms. The van der Waals surface area contributed by atoms with Gasteiger partial charge in [-0.25, -0.2) is 0 Å². The van der Waals surface area contributed by atoms with Crippen LogP contribution in [0.15, 0.2) is 0 Å². The van der Waals surface area contributed by atoms with E-state index in [1.165, 1.54) is 140 Å². The molecule has 2 atom stereocenters. The average molecular weight is 627 g/mol. The van der Waals surface area contributed by atoms with Gasteiger partial charge in [0, 0.05) is 0 Å². The molecule has 4 nitrogen and oxygen atoms in total. The van der Waals surface area contributed by atoms with Crippen LogP contribution >= 0.6 is 11.8 Å². The second kappa shape index (κ2) is 28.7. The zero-order valence-electron chi connectivity index (χ0n) is 29.3. The molecule has 256 valence electrons. The first-order valence-electron chi connectivity index (χ1n) is 19.0. The highest BCUT2D eigenvalue weighted by molar-refractivity contribution is 8.03. The minimum absolute atomic E-state index is 0.471. The first kappa shape index (κ1) is 42.3. The fourth-order valence-electron chi connectivity index (χ4n) is 6.43. The van der Waals surface area contributed by atoms with Crippen molar-refractivity contribution in [2.45, 2.75) is 230 Å². The SMILES string of the molecule is CCCCCCCCCCCCCCCC(CC)(SC(CC)(CCCCCCCCCCCCCCC)C(=O)O)C(=O)O. The van der Waals surface area contributed by atoms with Gasteiger partial charge in [0.1, 0.15) is 9.49 Å². The van der Waals surface area contributed by atoms with Gasteiger partial charge in [0.2, 0.25) is 0 Å². The summed E-state index contributed by atoms with van der Waals surface area (Å²) >= 11 is 1.27. The molecule has 0 bridgehead atoms. The predicted molar refractivity (Wildman–Crippen MR) is 190 cm³/mol. The van der Waals surface area contributed by atoms with Gasteiger partial charge in [0.15, 0.2) is 0 Å². The molecule has 0 radical (unpaired) electrons. The smallest absolute Gasteiger partial charge is 0.319 e. The van der Waals surface area contributed by atoms with Crippen LogP contribution in [0.1, 0.15) is 220 Å². The third-order valence-corrected chi connectivity index (χ3v) is 11.8. The molecule has 5 heteroatoms. The molecule has 0 amide bonds. The summed E-state index contributed by atoms with van der Waals surface area (Å²) < 4.78 is -2.02. The zero-order valence-corrected chi connectivity index (χ0v) is 30.1. The van der Waals surface area contributed by atoms with Gasteiger partial charge >= 0.3 is 11.9 Å². The van der Waals surface area contributed by atoms with Crippen LogP contribution in [-0.4, -0.2) is 31.6 Å². The number of thioether (sulfide) groups is 1. The molecule has 0 rings (SSSR count). The van der Waals surface area contributed by atoms with E-state index < -0.39 is 21.4 Å². The summed E-state index contributed by atoms with van der Waals surface area (Å²) in [6.07, 6.45) is 34.9. The van der Waals surface area contributed by atoms with Crippen molar-refractivity contribution in [3.63, 3.8) is 0 Å². The summed E-state index contributed by atoms with van der Waals surface area (Å²) in [4.78, 5) is 25.2. The van der Waals surface area contributed by atoms with Crippen molar-refractivity contribution >= 4 is 23.7 Å². The maximum atomic E-state index is 12.6. The Morgan fingerprint density at radius 2 is 0.605 bits per heavy atom. The summed E-state index contributed by atoms with van der Waals surface area (Å²) in [6.45, 7) is 8.38. The summed E-state index contributed by atoms with van der Waals surface area (Å²) in [7, 11) is 0. The molecule has 0 aromatic rings. The van der Waals surface area contributed by atoms with E-state index in [9.17, 15) is 19.8 Å². The van der Waals surface area contributed by atoms with Crippen molar-refractivity contribution in [3.8, 4) is 0 Å². The number of carboxylic acids is 2. The quantitative estimate of drug-likeness (QED) is 0.0695. The molecule has 0 saturated carbocycles. The molecule has 0 aliphatic carbocycles. The topological polar surface area (TPSA) is 74.6 Å². The van der Waals surface area contributed by atoms with Crippen LogP contribution in [0.25, 0.3) is 0 Å². The van der Waals surface area contributed by atoms with E-state index in [1.807, 2.05) is 13.8 Å². The van der Waals surface area contributed by atoms with E-state index in [1.54, 1.807) is 0 Å². The molecular weight excluding hydrogens is 552 g/mol. The lowest BCUT2D eigenvalue weighted by Gasteiger charge is -2.37. The van der Waals surface area contributed by atoms with Gasteiger partial charge in [-0.15, -0.1) is 11.8 Å². The monoisotopic (exact) mass is 627 g/mol. The fraction of sp³-hybridized carbons (Fsp3) is 0.947. The Labute approximate surface area is 272 Å². The maximum absolute atomic E-state index is 12.6. The second-order valence-electron chi connectivity index (χ2n) is 13.4. The van der Waals surface area contributed by atoms with Gasteiger partial charge in [0.25, 0.3) is 0 Å². The van der Waals surface area contributed by atoms with E-state index in [2.05, 4.69) is 13.8 Å². The third-order valence-electron chi connectivity index (χ3n) is 9.68. The van der Waals surface area contributed by atoms with Crippen molar-refractivity contribution in [1.29, 1.82) is 0 Å². The molecule has 0 heterocycles. The number of carboxylic acid groups (broad SMARTS) is 2. The molecule has 0 aromatic heterocycles. The van der Waals surface area contributed by atoms with Crippen molar-refractivity contribution < 1.29 is 19.8 Å². The van der Waals surface area contributed by atoms with E-state index in [4.69, 9.17) is 0 Å². The Hall–Kier alpha value is -0.710. The number of rotatable bonds is 34. The summed E-state index contributed by atoms with van der Waals surface area (Å²) in [5.41, 5.74) is 0. The number of hydrogen-bond donors (Lipinski definition) is 2. The summed E-state index contributed by atoms with van der Waals surface area (Å²) in [5, 5.41) is 20.7. The van der Waals surface area contributed by atoms with Gasteiger partial charge in [-0.3, -0.25) is 9.59 Å². The Morgan fingerprint density at radius 3 is 0.791 bits per heavy atom. The largest absolute Gasteiger partial charge is 0.480 e. The molecule has 2 unspecified atom stereocenters. The lowest BCUT2D eigenvalue weighted by Crippen LogP contribution is -2.45. The standard InChI is InChI=1S/C38H74O4S/c1-5-9-11-13-15-17-19-21-23-25-27-29-31-33-37(7-3,35(39)40)43-38(8-4,36(41)42)34-32-30-28-26-24-22-20-18-16-14-12-10-6-2/h5-34H2,1-4H3,(H,39,40)(H,41,42). The minimum atomic E-state index is -1.01. The van der Waals surface area contributed by atoms with Crippen molar-refractivity contribution in [2.75, 3.05) is 0 Å². The summed E-state index contributed by atoms with van der Waals surface area (Å²) in [5.74, 6) is -1.66. The number of carbonyl (C=O) groups is 2. The Kier molecular flexibility index (Phi) is 28.3. The molecule has 0 aliphatic heterocycles. The molecule has 0 spiro atoms. The lowest BCUT2D eigenvalue weighted by atomic mass is 9.95. The Morgan fingerprint density at radius 1 is 0.395 bits per heavy atom. The van der Waals surface area contributed by atoms with E-state index in [0.29, 0.717) is 25.7 Å². The first-order chi connectivity index (χ1) is 20.8. The summed E-state index contributed by atoms with van der Waals surface area (Å²) in [6, 6.07) is 0. The van der Waals surface area contributed by atoms with Crippen LogP contribution in [0.2, 0.25) is 0 Å². The highest BCUT2D eigenvalue weighted by Crippen LogP contribution is 2.47. The third kappa shape index (κ3) is 20.9. The van der Waals surface area contributed by atoms with Crippen molar-refractivity contribution in [2.24, 2.45) is 0 Å². The van der Waals surface area contributed by atoms with Crippen LogP contribution < -0.4 is 0 Å². The molecule has 0 saturated heterocycles. The Bertz CT molecular complexity index is 600. The first-order valence-corrected chi connectivity index (χ1v) is 19.8. The van der Waals surface area contributed by atoms with Crippen molar-refractivity contribution in [1.82, 2.24) is 0 Å². The fourth-order valence-corrected chi connectivity index (χ4v) is 8.14. The highest BCUT2D eigenvalue weighted by Gasteiger charge is 2.48. The second-order valence-corrected chi connectivity index (χ2v) is 15.2. The molecule has 2 N–H and O–H groups in total. The van der Waals surface area contributed by atoms with Crippen LogP contribution in [0.4, 0.5) is 0 Å². The lowest BCUT2D eigenvalue weighted by molar-refractivity contribution is -0.140. The molecular formula is C38H74O4S. The average Bonchev–Trinajstić information content (AvgIpc) is 3.00. The van der Waals surface area contributed by atoms with E-state index in [0.717, 1.165) is 38.5 Å². The minimum Gasteiger partial charge on any atom is -0.480 e. The number of aliphatic carboxylic acids is 2. The maximum Gasteiger partial charge on any atom is 0.319 e. The van der Waals surface area contributed by atoms with Crippen LogP contribution in [0, 0.1) is 0 Å². The highest BCUT2D eigenvalue weighted by atomic mass is 32.2. The van der Waals surface area contributed by atoms with Crippen LogP contribution in [0.5, 0.6) is 0 Å². The van der Waals surface area contributed by atoms with Gasteiger partial charge < -0.3 is 10.2 Å². The van der Waals surface area contributed by atoms with E-state index in [-0.39, 0.29) is 0 Å². The Balaban J connectivity index is 4.43. The van der Waals surface area contributed by atoms with Gasteiger partial charge in [-0.05, 0) is 25.7 Å². The van der Waals surface area contributed by atoms with Gasteiger partial charge in [-0.1, -0.05) is 195 Å². The molecule has 0 aromatic carbocycles. The van der Waals surface area contributed by atoms with E-state index >= 15 is 0 Å². The van der Waals surface area contributed by atoms with Crippen LogP contribution in [-0.2, 0) is 9.59 Å². The normalized spacial score (nSPS) is 14.4. The molecule has 0 aliphatic rings. The van der Waals surface area contributed by atoms with Gasteiger partial charge in [0.05, 0.1) is 0 Å². The van der Waals surface area contributed by atoms with Gasteiger partial charge in [-0.2, -0.15) is 0 Å². The zero-order chi connectivity index (χ0) is 32.1. The molecule has 0 fully saturated rings. The number of hydrogen-bond acceptors (Lipinski definition) is 3.